The van der Waals surface area contributed by atoms with Gasteiger partial charge < -0.3 is 25.3 Å². The molecular formula is C30H37N5O5. The molecule has 1 aromatic heterocycles. The summed E-state index contributed by atoms with van der Waals surface area (Å²) < 4.78 is 5.32. The van der Waals surface area contributed by atoms with Crippen molar-refractivity contribution in [2.75, 3.05) is 6.54 Å². The molecule has 0 bridgehead atoms. The molecule has 0 spiro atoms. The molecule has 10 nitrogen and oxygen atoms in total. The number of aromatic amines is 1. The fourth-order valence-electron chi connectivity index (χ4n) is 4.89. The minimum absolute atomic E-state index is 0.0796. The number of carbonyl (C=O) groups excluding carboxylic acids is 4. The molecule has 3 aromatic rings. The smallest absolute Gasteiger partial charge is 0.408 e. The number of benzene rings is 2. The summed E-state index contributed by atoms with van der Waals surface area (Å²) in [5, 5.41) is 5.56. The number of likely N-dealkylation sites (tertiary alicyclic amines) is 1. The van der Waals surface area contributed by atoms with Gasteiger partial charge in [0.1, 0.15) is 18.7 Å². The zero-order valence-corrected chi connectivity index (χ0v) is 23.3. The number of alkyl carbamates (subject to hydrolysis) is 1. The number of rotatable bonds is 10. The lowest BCUT2D eigenvalue weighted by molar-refractivity contribution is -0.141. The Balaban J connectivity index is 1.42. The number of nitrogens with zero attached hydrogens (tertiary/aromatic N) is 2. The molecule has 1 aliphatic heterocycles. The van der Waals surface area contributed by atoms with Crippen LogP contribution in [0.3, 0.4) is 0 Å². The first-order valence-corrected chi connectivity index (χ1v) is 13.7. The summed E-state index contributed by atoms with van der Waals surface area (Å²) in [6.07, 6.45) is 0.397. The van der Waals surface area contributed by atoms with Crippen LogP contribution in [0.1, 0.15) is 56.7 Å². The molecule has 4 rings (SSSR count). The van der Waals surface area contributed by atoms with Crippen LogP contribution in [0.5, 0.6) is 0 Å². The molecule has 0 aliphatic carbocycles. The standard InChI is InChI=1S/C30H37N5O5/c1-18(2)24(26(36)27-31-21-13-8-9-14-22(21)32-27)33-28(37)23-15-10-16-35(23)29(38)25(19(3)4)34-30(39)40-17-20-11-6-5-7-12-20/h5-9,11-14,18-19,23-25H,10,15-17H2,1-4H3,(H,31,32)(H,33,37)(H,34,39)/t23-,24-,25-/m0/s1. The van der Waals surface area contributed by atoms with E-state index in [-0.39, 0.29) is 36.0 Å². The van der Waals surface area contributed by atoms with Gasteiger partial charge in [-0.25, -0.2) is 9.78 Å². The molecule has 3 atom stereocenters. The Morgan fingerprint density at radius 3 is 2.30 bits per heavy atom. The Bertz CT molecular complexity index is 1320. The number of ether oxygens (including phenoxy) is 1. The number of fused-ring (bicyclic) bond motifs is 1. The highest BCUT2D eigenvalue weighted by molar-refractivity contribution is 6.02. The number of carbonyl (C=O) groups is 4. The van der Waals surface area contributed by atoms with Gasteiger partial charge in [-0.2, -0.15) is 0 Å². The van der Waals surface area contributed by atoms with Gasteiger partial charge in [-0.3, -0.25) is 14.4 Å². The molecule has 10 heteroatoms. The van der Waals surface area contributed by atoms with Gasteiger partial charge in [-0.05, 0) is 42.4 Å². The minimum atomic E-state index is -0.866. The topological polar surface area (TPSA) is 133 Å². The highest BCUT2D eigenvalue weighted by Gasteiger charge is 2.40. The van der Waals surface area contributed by atoms with Crippen LogP contribution in [-0.2, 0) is 20.9 Å². The van der Waals surface area contributed by atoms with Crippen molar-refractivity contribution in [1.82, 2.24) is 25.5 Å². The van der Waals surface area contributed by atoms with Crippen LogP contribution >= 0.6 is 0 Å². The Hall–Kier alpha value is -4.21. The van der Waals surface area contributed by atoms with Gasteiger partial charge in [0.15, 0.2) is 5.82 Å². The highest BCUT2D eigenvalue weighted by atomic mass is 16.5. The van der Waals surface area contributed by atoms with E-state index >= 15 is 0 Å². The van der Waals surface area contributed by atoms with Gasteiger partial charge in [0.25, 0.3) is 0 Å². The van der Waals surface area contributed by atoms with Crippen LogP contribution in [0.2, 0.25) is 0 Å². The summed E-state index contributed by atoms with van der Waals surface area (Å²) in [7, 11) is 0. The second-order valence-corrected chi connectivity index (χ2v) is 10.8. The van der Waals surface area contributed by atoms with Gasteiger partial charge in [0.2, 0.25) is 17.6 Å². The fourth-order valence-corrected chi connectivity index (χ4v) is 4.89. The number of H-pyrrole nitrogens is 1. The number of hydrogen-bond donors (Lipinski definition) is 3. The zero-order valence-electron chi connectivity index (χ0n) is 23.3. The van der Waals surface area contributed by atoms with Crippen LogP contribution in [-0.4, -0.2) is 63.2 Å². The zero-order chi connectivity index (χ0) is 28.8. The summed E-state index contributed by atoms with van der Waals surface area (Å²) in [5.74, 6) is -1.34. The first-order valence-electron chi connectivity index (χ1n) is 13.7. The maximum absolute atomic E-state index is 13.6. The summed E-state index contributed by atoms with van der Waals surface area (Å²) in [4.78, 5) is 61.9. The third-order valence-electron chi connectivity index (χ3n) is 7.13. The number of amides is 3. The number of nitrogens with one attached hydrogen (secondary N) is 3. The summed E-state index contributed by atoms with van der Waals surface area (Å²) in [6.45, 7) is 7.81. The molecule has 0 radical (unpaired) electrons. The van der Waals surface area contributed by atoms with Crippen LogP contribution < -0.4 is 10.6 Å². The average Bonchev–Trinajstić information content (AvgIpc) is 3.61. The molecular weight excluding hydrogens is 510 g/mol. The molecule has 3 amide bonds. The maximum Gasteiger partial charge on any atom is 0.408 e. The Morgan fingerprint density at radius 1 is 0.950 bits per heavy atom. The molecule has 0 saturated carbocycles. The summed E-state index contributed by atoms with van der Waals surface area (Å²) >= 11 is 0. The van der Waals surface area contributed by atoms with Crippen molar-refractivity contribution in [1.29, 1.82) is 0 Å². The number of Topliss-reactive ketones (excluding diaryl/α,β-unsaturated/α-hetero) is 1. The molecule has 212 valence electrons. The van der Waals surface area contributed by atoms with Crippen molar-refractivity contribution >= 4 is 34.7 Å². The predicted molar refractivity (Wildman–Crippen MR) is 150 cm³/mol. The third-order valence-corrected chi connectivity index (χ3v) is 7.13. The Kier molecular flexibility index (Phi) is 9.19. The number of aromatic nitrogens is 2. The van der Waals surface area contributed by atoms with Gasteiger partial charge in [0.05, 0.1) is 17.1 Å². The molecule has 1 aliphatic rings. The van der Waals surface area contributed by atoms with Gasteiger partial charge in [0, 0.05) is 6.54 Å². The monoisotopic (exact) mass is 547 g/mol. The minimum Gasteiger partial charge on any atom is -0.445 e. The van der Waals surface area contributed by atoms with Crippen molar-refractivity contribution in [2.45, 2.75) is 65.3 Å². The van der Waals surface area contributed by atoms with Gasteiger partial charge in [-0.15, -0.1) is 0 Å². The number of imidazole rings is 1. The predicted octanol–water partition coefficient (Wildman–Crippen LogP) is 3.83. The SMILES string of the molecule is CC(C)[C@H](NC(=O)[C@@H]1CCCN1C(=O)[C@@H](NC(=O)OCc1ccccc1)C(C)C)C(=O)c1nc2ccccc2[nH]1. The molecule has 1 saturated heterocycles. The molecule has 3 N–H and O–H groups in total. The van der Waals surface area contributed by atoms with Crippen LogP contribution in [0.25, 0.3) is 11.0 Å². The van der Waals surface area contributed by atoms with Crippen LogP contribution in [0.15, 0.2) is 54.6 Å². The lowest BCUT2D eigenvalue weighted by Crippen LogP contribution is -2.57. The van der Waals surface area contributed by atoms with Crippen molar-refractivity contribution in [3.8, 4) is 0 Å². The van der Waals surface area contributed by atoms with E-state index in [4.69, 9.17) is 4.74 Å². The van der Waals surface area contributed by atoms with E-state index in [9.17, 15) is 19.2 Å². The molecule has 1 fully saturated rings. The van der Waals surface area contributed by atoms with E-state index in [1.54, 1.807) is 0 Å². The van der Waals surface area contributed by atoms with Gasteiger partial charge in [-0.1, -0.05) is 70.2 Å². The van der Waals surface area contributed by atoms with Crippen molar-refractivity contribution < 1.29 is 23.9 Å². The quantitative estimate of drug-likeness (QED) is 0.331. The average molecular weight is 548 g/mol. The molecule has 2 heterocycles. The molecule has 0 unspecified atom stereocenters. The van der Waals surface area contributed by atoms with Crippen LogP contribution in [0, 0.1) is 11.8 Å². The van der Waals surface area contributed by atoms with Crippen LogP contribution in [0.4, 0.5) is 4.79 Å². The second kappa shape index (κ2) is 12.8. The largest absolute Gasteiger partial charge is 0.445 e. The Morgan fingerprint density at radius 2 is 1.62 bits per heavy atom. The van der Waals surface area contributed by atoms with Crippen molar-refractivity contribution in [3.63, 3.8) is 0 Å². The van der Waals surface area contributed by atoms with Crippen molar-refractivity contribution in [2.24, 2.45) is 11.8 Å². The summed E-state index contributed by atoms with van der Waals surface area (Å²) in [6, 6.07) is 14.2. The van der Waals surface area contributed by atoms with E-state index in [0.717, 1.165) is 11.1 Å². The maximum atomic E-state index is 13.6. The van der Waals surface area contributed by atoms with Crippen molar-refractivity contribution in [3.05, 3.63) is 66.0 Å². The highest BCUT2D eigenvalue weighted by Crippen LogP contribution is 2.22. The van der Waals surface area contributed by atoms with E-state index in [1.165, 1.54) is 4.90 Å². The lowest BCUT2D eigenvalue weighted by Gasteiger charge is -2.31. The summed E-state index contributed by atoms with van der Waals surface area (Å²) in [5.41, 5.74) is 2.24. The normalized spacial score (nSPS) is 16.6. The lowest BCUT2D eigenvalue weighted by atomic mass is 9.98. The Labute approximate surface area is 233 Å². The third kappa shape index (κ3) is 6.67. The van der Waals surface area contributed by atoms with E-state index in [1.807, 2.05) is 82.3 Å². The van der Waals surface area contributed by atoms with E-state index in [0.29, 0.717) is 24.9 Å². The number of para-hydroxylation sites is 2. The molecule has 2 aromatic carbocycles. The van der Waals surface area contributed by atoms with Gasteiger partial charge >= 0.3 is 6.09 Å². The first kappa shape index (κ1) is 28.8. The number of ketones is 1. The number of hydrogen-bond acceptors (Lipinski definition) is 6. The van der Waals surface area contributed by atoms with E-state index in [2.05, 4.69) is 20.6 Å². The first-order chi connectivity index (χ1) is 19.2. The van der Waals surface area contributed by atoms with E-state index < -0.39 is 30.1 Å². The fraction of sp³-hybridized carbons (Fsp3) is 0.433. The second-order valence-electron chi connectivity index (χ2n) is 10.8. The molecule has 40 heavy (non-hydrogen) atoms.